The minimum atomic E-state index is 0.218. The number of benzene rings is 1. The molecule has 0 N–H and O–H groups in total. The van der Waals surface area contributed by atoms with Gasteiger partial charge in [-0.05, 0) is 17.7 Å². The van der Waals surface area contributed by atoms with Crippen molar-refractivity contribution in [3.05, 3.63) is 29.8 Å². The van der Waals surface area contributed by atoms with E-state index in [1.54, 1.807) is 7.11 Å². The van der Waals surface area contributed by atoms with Gasteiger partial charge in [0.1, 0.15) is 5.75 Å². The van der Waals surface area contributed by atoms with Crippen molar-refractivity contribution < 1.29 is 9.53 Å². The van der Waals surface area contributed by atoms with Crippen LogP contribution in [0.5, 0.6) is 5.75 Å². The lowest BCUT2D eigenvalue weighted by Crippen LogP contribution is -2.29. The summed E-state index contributed by atoms with van der Waals surface area (Å²) in [5, 5.41) is 0. The highest BCUT2D eigenvalue weighted by Gasteiger charge is 2.18. The Labute approximate surface area is 99.8 Å². The van der Waals surface area contributed by atoms with Crippen LogP contribution in [0.25, 0.3) is 0 Å². The quantitative estimate of drug-likeness (QED) is 0.802. The van der Waals surface area contributed by atoms with Crippen molar-refractivity contribution in [2.75, 3.05) is 25.3 Å². The Kier molecular flexibility index (Phi) is 3.72. The van der Waals surface area contributed by atoms with Crippen LogP contribution in [0.3, 0.4) is 0 Å². The van der Waals surface area contributed by atoms with Gasteiger partial charge in [-0.15, -0.1) is 11.8 Å². The van der Waals surface area contributed by atoms with Crippen molar-refractivity contribution in [3.8, 4) is 5.75 Å². The SMILES string of the molecule is COc1ccc(CC(=O)N2CCSC2)cc1. The van der Waals surface area contributed by atoms with E-state index in [4.69, 9.17) is 4.74 Å². The molecule has 0 aliphatic carbocycles. The Balaban J connectivity index is 1.94. The van der Waals surface area contributed by atoms with Gasteiger partial charge < -0.3 is 9.64 Å². The number of hydrogen-bond acceptors (Lipinski definition) is 3. The van der Waals surface area contributed by atoms with Gasteiger partial charge in [0.05, 0.1) is 19.4 Å². The van der Waals surface area contributed by atoms with Gasteiger partial charge in [0.15, 0.2) is 0 Å². The summed E-state index contributed by atoms with van der Waals surface area (Å²) in [5.41, 5.74) is 1.04. The second-order valence-electron chi connectivity index (χ2n) is 3.72. The average molecular weight is 237 g/mol. The summed E-state index contributed by atoms with van der Waals surface area (Å²) in [6.45, 7) is 0.889. The number of carbonyl (C=O) groups is 1. The van der Waals surface area contributed by atoms with Crippen molar-refractivity contribution in [3.63, 3.8) is 0 Å². The fraction of sp³-hybridized carbons (Fsp3) is 0.417. The van der Waals surface area contributed by atoms with E-state index in [-0.39, 0.29) is 5.91 Å². The summed E-state index contributed by atoms with van der Waals surface area (Å²) >= 11 is 1.81. The molecule has 86 valence electrons. The van der Waals surface area contributed by atoms with Crippen LogP contribution in [0.15, 0.2) is 24.3 Å². The topological polar surface area (TPSA) is 29.5 Å². The number of ether oxygens (including phenoxy) is 1. The van der Waals surface area contributed by atoms with Crippen LogP contribution in [0, 0.1) is 0 Å². The number of nitrogens with zero attached hydrogens (tertiary/aromatic N) is 1. The first kappa shape index (κ1) is 11.3. The normalized spacial score (nSPS) is 15.2. The first-order valence-corrected chi connectivity index (χ1v) is 6.43. The van der Waals surface area contributed by atoms with E-state index in [1.807, 2.05) is 40.9 Å². The van der Waals surface area contributed by atoms with E-state index in [0.29, 0.717) is 6.42 Å². The predicted molar refractivity (Wildman–Crippen MR) is 65.7 cm³/mol. The molecule has 0 radical (unpaired) electrons. The first-order valence-electron chi connectivity index (χ1n) is 5.28. The molecule has 1 heterocycles. The van der Waals surface area contributed by atoms with E-state index >= 15 is 0 Å². The van der Waals surface area contributed by atoms with E-state index < -0.39 is 0 Å². The van der Waals surface area contributed by atoms with Crippen molar-refractivity contribution >= 4 is 17.7 Å². The van der Waals surface area contributed by atoms with E-state index in [0.717, 1.165) is 29.5 Å². The molecule has 0 bridgehead atoms. The molecule has 1 fully saturated rings. The monoisotopic (exact) mass is 237 g/mol. The third kappa shape index (κ3) is 2.70. The van der Waals surface area contributed by atoms with Gasteiger partial charge in [-0.1, -0.05) is 12.1 Å². The molecular formula is C12H15NO2S. The maximum Gasteiger partial charge on any atom is 0.227 e. The van der Waals surface area contributed by atoms with Crippen LogP contribution in [0.1, 0.15) is 5.56 Å². The number of carbonyl (C=O) groups excluding carboxylic acids is 1. The van der Waals surface area contributed by atoms with E-state index in [1.165, 1.54) is 0 Å². The molecule has 1 aromatic carbocycles. The molecule has 0 saturated carbocycles. The summed E-state index contributed by atoms with van der Waals surface area (Å²) in [6, 6.07) is 7.67. The molecule has 1 aliphatic rings. The summed E-state index contributed by atoms with van der Waals surface area (Å²) in [7, 11) is 1.64. The zero-order valence-electron chi connectivity index (χ0n) is 9.31. The highest BCUT2D eigenvalue weighted by atomic mass is 32.2. The average Bonchev–Trinajstić information content (AvgIpc) is 2.83. The Hall–Kier alpha value is -1.16. The van der Waals surface area contributed by atoms with Crippen LogP contribution < -0.4 is 4.74 Å². The van der Waals surface area contributed by atoms with E-state index in [2.05, 4.69) is 0 Å². The molecule has 0 unspecified atom stereocenters. The fourth-order valence-electron chi connectivity index (χ4n) is 1.64. The molecule has 0 spiro atoms. The highest BCUT2D eigenvalue weighted by molar-refractivity contribution is 7.99. The lowest BCUT2D eigenvalue weighted by molar-refractivity contribution is -0.128. The van der Waals surface area contributed by atoms with Crippen molar-refractivity contribution in [2.45, 2.75) is 6.42 Å². The standard InChI is InChI=1S/C12H15NO2S/c1-15-11-4-2-10(3-5-11)8-12(14)13-6-7-16-9-13/h2-5H,6-9H2,1H3. The molecular weight excluding hydrogens is 222 g/mol. The molecule has 16 heavy (non-hydrogen) atoms. The Morgan fingerprint density at radius 3 is 2.75 bits per heavy atom. The van der Waals surface area contributed by atoms with Gasteiger partial charge in [0.2, 0.25) is 5.91 Å². The molecule has 1 saturated heterocycles. The number of rotatable bonds is 3. The maximum atomic E-state index is 11.9. The second kappa shape index (κ2) is 5.25. The number of amides is 1. The van der Waals surface area contributed by atoms with Crippen LogP contribution in [-0.4, -0.2) is 36.1 Å². The molecule has 0 atom stereocenters. The van der Waals surface area contributed by atoms with Crippen molar-refractivity contribution in [1.82, 2.24) is 4.90 Å². The fourth-order valence-corrected chi connectivity index (χ4v) is 2.61. The first-order chi connectivity index (χ1) is 7.79. The molecule has 2 rings (SSSR count). The molecule has 1 aromatic rings. The van der Waals surface area contributed by atoms with Gasteiger partial charge in [0, 0.05) is 12.3 Å². The van der Waals surface area contributed by atoms with Crippen LogP contribution in [-0.2, 0) is 11.2 Å². The van der Waals surface area contributed by atoms with Crippen LogP contribution >= 0.6 is 11.8 Å². The molecule has 1 aliphatic heterocycles. The maximum absolute atomic E-state index is 11.9. The molecule has 1 amide bonds. The Bertz CT molecular complexity index is 358. The lowest BCUT2D eigenvalue weighted by atomic mass is 10.1. The minimum Gasteiger partial charge on any atom is -0.497 e. The molecule has 3 nitrogen and oxygen atoms in total. The predicted octanol–water partition coefficient (Wildman–Crippen LogP) is 1.77. The summed E-state index contributed by atoms with van der Waals surface area (Å²) < 4.78 is 5.08. The molecule has 4 heteroatoms. The smallest absolute Gasteiger partial charge is 0.227 e. The Morgan fingerprint density at radius 2 is 2.19 bits per heavy atom. The lowest BCUT2D eigenvalue weighted by Gasteiger charge is -2.14. The summed E-state index contributed by atoms with van der Waals surface area (Å²) in [5.74, 6) is 2.95. The minimum absolute atomic E-state index is 0.218. The number of hydrogen-bond donors (Lipinski definition) is 0. The zero-order chi connectivity index (χ0) is 11.4. The number of methoxy groups -OCH3 is 1. The number of thioether (sulfide) groups is 1. The van der Waals surface area contributed by atoms with Crippen LogP contribution in [0.4, 0.5) is 0 Å². The molecule has 0 aromatic heterocycles. The van der Waals surface area contributed by atoms with E-state index in [9.17, 15) is 4.79 Å². The van der Waals surface area contributed by atoms with Gasteiger partial charge in [-0.3, -0.25) is 4.79 Å². The van der Waals surface area contributed by atoms with Crippen molar-refractivity contribution in [2.24, 2.45) is 0 Å². The Morgan fingerprint density at radius 1 is 1.44 bits per heavy atom. The van der Waals surface area contributed by atoms with Gasteiger partial charge in [-0.25, -0.2) is 0 Å². The van der Waals surface area contributed by atoms with Gasteiger partial charge >= 0.3 is 0 Å². The van der Waals surface area contributed by atoms with Gasteiger partial charge in [0.25, 0.3) is 0 Å². The second-order valence-corrected chi connectivity index (χ2v) is 4.79. The highest BCUT2D eigenvalue weighted by Crippen LogP contribution is 2.16. The van der Waals surface area contributed by atoms with Gasteiger partial charge in [-0.2, -0.15) is 0 Å². The zero-order valence-corrected chi connectivity index (χ0v) is 10.1. The summed E-state index contributed by atoms with van der Waals surface area (Å²) in [6.07, 6.45) is 0.491. The van der Waals surface area contributed by atoms with Crippen LogP contribution in [0.2, 0.25) is 0 Å². The largest absolute Gasteiger partial charge is 0.497 e. The van der Waals surface area contributed by atoms with Crippen molar-refractivity contribution in [1.29, 1.82) is 0 Å². The third-order valence-corrected chi connectivity index (χ3v) is 3.59. The summed E-state index contributed by atoms with van der Waals surface area (Å²) in [4.78, 5) is 13.8. The third-order valence-electron chi connectivity index (χ3n) is 2.62.